The zero-order valence-corrected chi connectivity index (χ0v) is 16.5. The second kappa shape index (κ2) is 9.43. The summed E-state index contributed by atoms with van der Waals surface area (Å²) in [6.45, 7) is -1.24. The number of fused-ring (bicyclic) bond motifs is 1. The van der Waals surface area contributed by atoms with Crippen molar-refractivity contribution in [3.05, 3.63) is 48.5 Å². The van der Waals surface area contributed by atoms with Gasteiger partial charge in [0.2, 0.25) is 0 Å². The van der Waals surface area contributed by atoms with Crippen LogP contribution >= 0.6 is 0 Å². The Hall–Kier alpha value is -2.99. The van der Waals surface area contributed by atoms with Gasteiger partial charge >= 0.3 is 0 Å². The number of aliphatic hydroxyl groups excluding tert-OH is 2. The first-order valence-corrected chi connectivity index (χ1v) is 9.76. The molecule has 1 saturated heterocycles. The molecule has 3 N–H and O–H groups in total. The van der Waals surface area contributed by atoms with Crippen molar-refractivity contribution in [3.63, 3.8) is 0 Å². The van der Waals surface area contributed by atoms with Crippen molar-refractivity contribution in [3.8, 4) is 0 Å². The Labute approximate surface area is 176 Å². The Kier molecular flexibility index (Phi) is 6.47. The molecule has 1 fully saturated rings. The lowest BCUT2D eigenvalue weighted by molar-refractivity contribution is -0.186. The van der Waals surface area contributed by atoms with Gasteiger partial charge in [-0.05, 0) is 12.1 Å². The number of nitrogens with zero attached hydrogens (tertiary/aromatic N) is 4. The van der Waals surface area contributed by atoms with Crippen molar-refractivity contribution in [2.45, 2.75) is 24.4 Å². The lowest BCUT2D eigenvalue weighted by atomic mass is 9.98. The number of aromatic nitrogens is 4. The molecule has 0 unspecified atom stereocenters. The van der Waals surface area contributed by atoms with Crippen LogP contribution < -0.4 is 5.32 Å². The van der Waals surface area contributed by atoms with Crippen molar-refractivity contribution in [1.29, 1.82) is 0 Å². The van der Waals surface area contributed by atoms with Crippen LogP contribution in [0.4, 0.5) is 10.2 Å². The molecule has 4 rings (SSSR count). The molecule has 3 heterocycles. The van der Waals surface area contributed by atoms with E-state index in [0.717, 1.165) is 0 Å². The molecule has 1 amide bonds. The molecule has 0 aliphatic carbocycles. The quantitative estimate of drug-likeness (QED) is 0.499. The summed E-state index contributed by atoms with van der Waals surface area (Å²) in [5.74, 6) is -0.120. The Morgan fingerprint density at radius 3 is 2.84 bits per heavy atom. The fraction of sp³-hybridized carbons (Fsp3) is 0.400. The van der Waals surface area contributed by atoms with Crippen molar-refractivity contribution < 1.29 is 28.9 Å². The normalized spacial score (nSPS) is 23.7. The van der Waals surface area contributed by atoms with E-state index in [1.807, 2.05) is 6.07 Å². The number of nitrogens with one attached hydrogen (secondary N) is 1. The molecule has 0 radical (unpaired) electrons. The molecule has 31 heavy (non-hydrogen) atoms. The average Bonchev–Trinajstić information content (AvgIpc) is 3.23. The number of alkyl halides is 1. The van der Waals surface area contributed by atoms with Crippen molar-refractivity contribution in [2.24, 2.45) is 0 Å². The van der Waals surface area contributed by atoms with Gasteiger partial charge in [0.05, 0.1) is 32.2 Å². The van der Waals surface area contributed by atoms with E-state index in [2.05, 4.69) is 20.3 Å². The van der Waals surface area contributed by atoms with Gasteiger partial charge in [0.1, 0.15) is 31.3 Å². The number of hydrogen-bond donors (Lipinski definition) is 3. The Morgan fingerprint density at radius 2 is 2.10 bits per heavy atom. The molecule has 164 valence electrons. The smallest absolute Gasteiger partial charge is 0.256 e. The minimum atomic E-state index is -1.17. The number of ether oxygens (including phenoxy) is 2. The summed E-state index contributed by atoms with van der Waals surface area (Å²) in [6.07, 6.45) is -0.104. The van der Waals surface area contributed by atoms with Gasteiger partial charge in [0, 0.05) is 5.56 Å². The predicted octanol–water partition coefficient (Wildman–Crippen LogP) is 0.726. The SMILES string of the molecule is O=C(Nc1ncnc2c1ncn2[C@@H]1CO[C@H](CO)[C@@H](O)[C@H]1OCCF)c1ccccc1. The molecular weight excluding hydrogens is 409 g/mol. The van der Waals surface area contributed by atoms with Gasteiger partial charge in [-0.1, -0.05) is 18.2 Å². The van der Waals surface area contributed by atoms with Crippen LogP contribution in [0.25, 0.3) is 11.2 Å². The third kappa shape index (κ3) is 4.26. The number of amides is 1. The van der Waals surface area contributed by atoms with Crippen LogP contribution in [0.3, 0.4) is 0 Å². The monoisotopic (exact) mass is 431 g/mol. The van der Waals surface area contributed by atoms with E-state index in [1.165, 1.54) is 12.7 Å². The molecule has 4 atom stereocenters. The van der Waals surface area contributed by atoms with Crippen molar-refractivity contribution >= 4 is 22.9 Å². The maximum atomic E-state index is 12.7. The van der Waals surface area contributed by atoms with E-state index in [-0.39, 0.29) is 24.9 Å². The number of carbonyl (C=O) groups excluding carboxylic acids is 1. The summed E-state index contributed by atoms with van der Waals surface area (Å²) in [6, 6.07) is 8.09. The van der Waals surface area contributed by atoms with Crippen LogP contribution in [0.2, 0.25) is 0 Å². The second-order valence-electron chi connectivity index (χ2n) is 7.00. The highest BCUT2D eigenvalue weighted by Gasteiger charge is 2.41. The highest BCUT2D eigenvalue weighted by Crippen LogP contribution is 2.30. The number of rotatable bonds is 7. The number of halogens is 1. The molecule has 0 bridgehead atoms. The predicted molar refractivity (Wildman–Crippen MR) is 107 cm³/mol. The molecule has 0 saturated carbocycles. The molecule has 1 aliphatic heterocycles. The van der Waals surface area contributed by atoms with Crippen LogP contribution in [0.15, 0.2) is 43.0 Å². The lowest BCUT2D eigenvalue weighted by Gasteiger charge is -2.39. The van der Waals surface area contributed by atoms with E-state index in [0.29, 0.717) is 16.7 Å². The maximum Gasteiger partial charge on any atom is 0.256 e. The van der Waals surface area contributed by atoms with Gasteiger partial charge in [-0.15, -0.1) is 0 Å². The topological polar surface area (TPSA) is 132 Å². The molecular formula is C20H22FN5O5. The molecule has 0 spiro atoms. The van der Waals surface area contributed by atoms with Gasteiger partial charge in [-0.25, -0.2) is 19.3 Å². The number of hydrogen-bond acceptors (Lipinski definition) is 8. The van der Waals surface area contributed by atoms with Crippen LogP contribution in [0.5, 0.6) is 0 Å². The van der Waals surface area contributed by atoms with Gasteiger partial charge in [-0.3, -0.25) is 4.79 Å². The number of aliphatic hydroxyl groups is 2. The fourth-order valence-corrected chi connectivity index (χ4v) is 3.60. The van der Waals surface area contributed by atoms with Gasteiger partial charge < -0.3 is 29.6 Å². The Balaban J connectivity index is 1.64. The lowest BCUT2D eigenvalue weighted by Crippen LogP contribution is -2.53. The van der Waals surface area contributed by atoms with Crippen molar-refractivity contribution in [1.82, 2.24) is 19.5 Å². The van der Waals surface area contributed by atoms with E-state index in [4.69, 9.17) is 9.47 Å². The largest absolute Gasteiger partial charge is 0.394 e. The summed E-state index contributed by atoms with van der Waals surface area (Å²) in [7, 11) is 0. The summed E-state index contributed by atoms with van der Waals surface area (Å²) in [5, 5.41) is 22.7. The van der Waals surface area contributed by atoms with Crippen LogP contribution in [0.1, 0.15) is 16.4 Å². The third-order valence-corrected chi connectivity index (χ3v) is 5.13. The molecule has 1 aromatic carbocycles. The summed E-state index contributed by atoms with van der Waals surface area (Å²) >= 11 is 0. The standard InChI is InChI=1S/C20H22FN5O5/c21-6-7-30-17-13(9-31-14(8-27)16(17)28)26-11-24-15-18(22-10-23-19(15)26)25-20(29)12-4-2-1-3-5-12/h1-5,10-11,13-14,16-17,27-28H,6-9H2,(H,22,23,25,29)/t13-,14-,16-,17+/m1/s1. The highest BCUT2D eigenvalue weighted by molar-refractivity contribution is 6.06. The minimum absolute atomic E-state index is 0.0837. The van der Waals surface area contributed by atoms with Gasteiger partial charge in [0.25, 0.3) is 5.91 Å². The Bertz CT molecular complexity index is 1030. The van der Waals surface area contributed by atoms with E-state index in [1.54, 1.807) is 28.8 Å². The first kappa shape index (κ1) is 21.2. The summed E-state index contributed by atoms with van der Waals surface area (Å²) in [4.78, 5) is 25.2. The zero-order valence-electron chi connectivity index (χ0n) is 16.5. The maximum absolute atomic E-state index is 12.7. The molecule has 11 heteroatoms. The summed E-state index contributed by atoms with van der Waals surface area (Å²) < 4.78 is 25.4. The van der Waals surface area contributed by atoms with Crippen LogP contribution in [-0.4, -0.2) is 80.4 Å². The number of imidazole rings is 1. The van der Waals surface area contributed by atoms with Crippen LogP contribution in [-0.2, 0) is 9.47 Å². The third-order valence-electron chi connectivity index (χ3n) is 5.13. The van der Waals surface area contributed by atoms with Crippen LogP contribution in [0, 0.1) is 0 Å². The molecule has 10 nitrogen and oxygen atoms in total. The van der Waals surface area contributed by atoms with Gasteiger partial charge in [0.15, 0.2) is 17.0 Å². The fourth-order valence-electron chi connectivity index (χ4n) is 3.60. The van der Waals surface area contributed by atoms with E-state index in [9.17, 15) is 19.4 Å². The Morgan fingerprint density at radius 1 is 1.29 bits per heavy atom. The molecule has 1 aliphatic rings. The highest BCUT2D eigenvalue weighted by atomic mass is 19.1. The minimum Gasteiger partial charge on any atom is -0.394 e. The van der Waals surface area contributed by atoms with Crippen molar-refractivity contribution in [2.75, 3.05) is 31.8 Å². The number of carbonyl (C=O) groups is 1. The molecule has 3 aromatic rings. The molecule has 2 aromatic heterocycles. The number of benzene rings is 1. The first-order chi connectivity index (χ1) is 15.1. The van der Waals surface area contributed by atoms with E-state index < -0.39 is 37.6 Å². The van der Waals surface area contributed by atoms with Gasteiger partial charge in [-0.2, -0.15) is 0 Å². The first-order valence-electron chi connectivity index (χ1n) is 9.76. The second-order valence-corrected chi connectivity index (χ2v) is 7.00. The average molecular weight is 431 g/mol. The summed E-state index contributed by atoms with van der Waals surface area (Å²) in [5.41, 5.74) is 1.19. The van der Waals surface area contributed by atoms with E-state index >= 15 is 0 Å². The number of anilines is 1. The zero-order chi connectivity index (χ0) is 21.8.